The van der Waals surface area contributed by atoms with Crippen LogP contribution in [-0.2, 0) is 34.8 Å². The summed E-state index contributed by atoms with van der Waals surface area (Å²) in [6.45, 7) is -0.0145. The molecule has 18 heteroatoms. The number of benzene rings is 4. The van der Waals surface area contributed by atoms with Gasteiger partial charge in [-0.3, -0.25) is 21.3 Å². The maximum absolute atomic E-state index is 11.1. The van der Waals surface area contributed by atoms with E-state index in [0.29, 0.717) is 22.7 Å². The molecule has 58 heavy (non-hydrogen) atoms. The van der Waals surface area contributed by atoms with Gasteiger partial charge in [0.1, 0.15) is 0 Å². The summed E-state index contributed by atoms with van der Waals surface area (Å²) in [4.78, 5) is 65.2. The molecule has 0 aliphatic rings. The summed E-state index contributed by atoms with van der Waals surface area (Å²) in [6, 6.07) is 29.7. The van der Waals surface area contributed by atoms with Gasteiger partial charge in [0.2, 0.25) is 0 Å². The number of alkyl carbamates (subject to hydrolysis) is 2. The molecule has 0 heterocycles. The lowest BCUT2D eigenvalue weighted by atomic mass is 10.0. The zero-order valence-corrected chi connectivity index (χ0v) is 31.6. The Bertz CT molecular complexity index is 1720. The normalized spacial score (nSPS) is 9.14. The van der Waals surface area contributed by atoms with E-state index in [1.54, 1.807) is 24.3 Å². The van der Waals surface area contributed by atoms with E-state index in [1.165, 1.54) is 42.7 Å². The predicted molar refractivity (Wildman–Crippen MR) is 221 cm³/mol. The fraction of sp³-hybridized carbons (Fsp3) is 0.250. The van der Waals surface area contributed by atoms with Crippen molar-refractivity contribution >= 4 is 59.3 Å². The second-order valence-electron chi connectivity index (χ2n) is 10.7. The first kappa shape index (κ1) is 50.5. The van der Waals surface area contributed by atoms with E-state index in [2.05, 4.69) is 60.3 Å². The van der Waals surface area contributed by atoms with Crippen molar-refractivity contribution in [1.82, 2.24) is 10.6 Å². The van der Waals surface area contributed by atoms with Crippen molar-refractivity contribution in [3.05, 3.63) is 108 Å². The van der Waals surface area contributed by atoms with Crippen LogP contribution in [0.2, 0.25) is 0 Å². The fourth-order valence-corrected chi connectivity index (χ4v) is 4.15. The number of nitrogens with one attached hydrogen (secondary N) is 6. The third kappa shape index (κ3) is 19.7. The summed E-state index contributed by atoms with van der Waals surface area (Å²) in [6.07, 6.45) is -2.48. The van der Waals surface area contributed by atoms with Crippen LogP contribution in [-0.4, -0.2) is 85.9 Å². The van der Waals surface area contributed by atoms with Crippen molar-refractivity contribution in [2.75, 3.05) is 70.6 Å². The molecule has 0 aliphatic carbocycles. The predicted octanol–water partition coefficient (Wildman–Crippen LogP) is 8.27. The highest BCUT2D eigenvalue weighted by atomic mass is 16.6. The van der Waals surface area contributed by atoms with Gasteiger partial charge in [-0.25, -0.2) is 28.8 Å². The van der Waals surface area contributed by atoms with E-state index in [1.807, 2.05) is 72.8 Å². The summed E-state index contributed by atoms with van der Waals surface area (Å²) >= 11 is 0. The molecule has 0 aromatic heterocycles. The number of rotatable bonds is 9. The Morgan fingerprint density at radius 1 is 0.362 bits per heavy atom. The topological polar surface area (TPSA) is 230 Å². The molecule has 0 saturated heterocycles. The monoisotopic (exact) mass is 808 g/mol. The quantitative estimate of drug-likeness (QED) is 0.0693. The highest BCUT2D eigenvalue weighted by Crippen LogP contribution is 2.23. The lowest BCUT2D eigenvalue weighted by Crippen LogP contribution is -2.36. The number of anilines is 4. The van der Waals surface area contributed by atoms with Crippen molar-refractivity contribution in [3.63, 3.8) is 0 Å². The van der Waals surface area contributed by atoms with Crippen molar-refractivity contribution in [2.24, 2.45) is 0 Å². The van der Waals surface area contributed by atoms with Crippen LogP contribution in [0.5, 0.6) is 0 Å². The number of ether oxygens (including phenoxy) is 6. The zero-order chi connectivity index (χ0) is 41.3. The van der Waals surface area contributed by atoms with Crippen LogP contribution in [0.3, 0.4) is 0 Å². The Labute approximate surface area is 337 Å². The van der Waals surface area contributed by atoms with Gasteiger partial charge < -0.3 is 39.1 Å². The van der Waals surface area contributed by atoms with E-state index in [4.69, 9.17) is 0 Å². The van der Waals surface area contributed by atoms with Crippen LogP contribution in [0, 0.1) is 0 Å². The number of methoxy groups -OCH3 is 6. The average molecular weight is 809 g/mol. The van der Waals surface area contributed by atoms with Crippen molar-refractivity contribution in [3.8, 4) is 11.1 Å². The van der Waals surface area contributed by atoms with E-state index < -0.39 is 36.6 Å². The van der Waals surface area contributed by atoms with Gasteiger partial charge in [0.05, 0.1) is 49.3 Å². The molecule has 314 valence electrons. The highest BCUT2D eigenvalue weighted by molar-refractivity contribution is 5.87. The van der Waals surface area contributed by atoms with Crippen molar-refractivity contribution in [2.45, 2.75) is 21.3 Å². The van der Waals surface area contributed by atoms with Crippen LogP contribution >= 0.6 is 0 Å². The highest BCUT2D eigenvalue weighted by Gasteiger charge is 2.06. The first-order valence-corrected chi connectivity index (χ1v) is 16.3. The molecule has 0 saturated carbocycles. The molecule has 0 spiro atoms. The fourth-order valence-electron chi connectivity index (χ4n) is 4.15. The number of hydrogen-bond acceptors (Lipinski definition) is 12. The SMILES string of the molecule is C.C.COC(=O)NCNC(=O)OC.COC(=O)Nc1ccc(-c2ccc(NC(=O)OC)cc2)cc1.COC(=O)Nc1ccc(Cc2ccc(NC(=O)OC)cc2)cc1. The Morgan fingerprint density at radius 2 is 0.586 bits per heavy atom. The minimum atomic E-state index is -0.610. The van der Waals surface area contributed by atoms with E-state index >= 15 is 0 Å². The molecule has 4 aromatic rings. The molecule has 18 nitrogen and oxygen atoms in total. The molecule has 0 radical (unpaired) electrons. The third-order valence-corrected chi connectivity index (χ3v) is 6.98. The van der Waals surface area contributed by atoms with Gasteiger partial charge in [-0.1, -0.05) is 63.4 Å². The Kier molecular flexibility index (Phi) is 24.4. The Morgan fingerprint density at radius 3 is 0.810 bits per heavy atom. The van der Waals surface area contributed by atoms with Crippen LogP contribution in [0.15, 0.2) is 97.1 Å². The average Bonchev–Trinajstić information content (AvgIpc) is 3.22. The van der Waals surface area contributed by atoms with Gasteiger partial charge in [0.15, 0.2) is 0 Å². The molecule has 6 amide bonds. The van der Waals surface area contributed by atoms with Gasteiger partial charge in [-0.15, -0.1) is 0 Å². The maximum atomic E-state index is 11.1. The van der Waals surface area contributed by atoms with Gasteiger partial charge >= 0.3 is 36.6 Å². The summed E-state index contributed by atoms with van der Waals surface area (Å²) in [5.74, 6) is 0. The summed E-state index contributed by atoms with van der Waals surface area (Å²) < 4.78 is 26.6. The van der Waals surface area contributed by atoms with Gasteiger partial charge in [-0.05, 0) is 77.2 Å². The second kappa shape index (κ2) is 28.0. The third-order valence-electron chi connectivity index (χ3n) is 6.98. The first-order chi connectivity index (χ1) is 26.9. The standard InChI is InChI=1S/C17H18N2O4.C16H16N2O4.C5H10N2O4.2CH4/c1-22-16(20)18-14-7-3-12(4-8-14)11-13-5-9-15(10-6-13)19-17(21)23-2;1-21-15(19)17-13-7-3-11(4-8-13)12-5-9-14(10-6-12)18-16(20)22-2;1-10-4(8)6-3-7-5(9)11-2;;/h3-10H,11H2,1-2H3,(H,18,20)(H,19,21);3-10H,1-2H3,(H,17,19)(H,18,20);3H2,1-2H3,(H,6,8)(H,7,9);2*1H4. The smallest absolute Gasteiger partial charge is 0.411 e. The molecule has 4 aromatic carbocycles. The molecule has 4 rings (SSSR count). The number of carbonyl (C=O) groups is 6. The summed E-state index contributed by atoms with van der Waals surface area (Å²) in [5.41, 5.74) is 6.85. The second-order valence-corrected chi connectivity index (χ2v) is 10.7. The molecule has 0 fully saturated rings. The zero-order valence-electron chi connectivity index (χ0n) is 31.6. The minimum absolute atomic E-state index is 0. The number of hydrogen-bond donors (Lipinski definition) is 6. The lowest BCUT2D eigenvalue weighted by Gasteiger charge is -2.07. The largest absolute Gasteiger partial charge is 0.453 e. The van der Waals surface area contributed by atoms with Crippen molar-refractivity contribution < 1.29 is 57.2 Å². The van der Waals surface area contributed by atoms with Crippen molar-refractivity contribution in [1.29, 1.82) is 0 Å². The van der Waals surface area contributed by atoms with E-state index in [0.717, 1.165) is 28.7 Å². The minimum Gasteiger partial charge on any atom is -0.453 e. The molecular formula is C40H52N6O12. The Hall–Kier alpha value is -7.50. The molecule has 0 unspecified atom stereocenters. The van der Waals surface area contributed by atoms with Gasteiger partial charge in [0.25, 0.3) is 0 Å². The molecule has 0 bridgehead atoms. The van der Waals surface area contributed by atoms with Crippen LogP contribution in [0.4, 0.5) is 51.5 Å². The summed E-state index contributed by atoms with van der Waals surface area (Å²) in [7, 11) is 7.73. The first-order valence-electron chi connectivity index (χ1n) is 16.3. The van der Waals surface area contributed by atoms with Crippen LogP contribution < -0.4 is 31.9 Å². The summed E-state index contributed by atoms with van der Waals surface area (Å²) in [5, 5.41) is 14.8. The Balaban J connectivity index is 0.000000876. The molecular weight excluding hydrogens is 756 g/mol. The molecule has 0 atom stereocenters. The van der Waals surface area contributed by atoms with Gasteiger partial charge in [-0.2, -0.15) is 0 Å². The van der Waals surface area contributed by atoms with Crippen LogP contribution in [0.25, 0.3) is 11.1 Å². The van der Waals surface area contributed by atoms with E-state index in [9.17, 15) is 28.8 Å². The molecule has 6 N–H and O–H groups in total. The molecule has 0 aliphatic heterocycles. The lowest BCUT2D eigenvalue weighted by molar-refractivity contribution is 0.162. The van der Waals surface area contributed by atoms with E-state index in [-0.39, 0.29) is 21.5 Å². The number of carbonyl (C=O) groups excluding carboxylic acids is 6. The maximum Gasteiger partial charge on any atom is 0.411 e. The van der Waals surface area contributed by atoms with Crippen LogP contribution in [0.1, 0.15) is 26.0 Å². The van der Waals surface area contributed by atoms with Gasteiger partial charge in [0, 0.05) is 22.7 Å². The number of amides is 6.